The summed E-state index contributed by atoms with van der Waals surface area (Å²) in [5, 5.41) is 10.9. The van der Waals surface area contributed by atoms with Gasteiger partial charge in [-0.1, -0.05) is 11.6 Å². The minimum atomic E-state index is -0.267. The molecule has 1 atom stereocenters. The molecular formula is C12H13ClN4OS. The van der Waals surface area contributed by atoms with Crippen molar-refractivity contribution in [3.63, 3.8) is 0 Å². The molecule has 1 heterocycles. The summed E-state index contributed by atoms with van der Waals surface area (Å²) in [5.41, 5.74) is 0.392. The monoisotopic (exact) mass is 296 g/mol. The molecule has 5 nitrogen and oxygen atoms in total. The van der Waals surface area contributed by atoms with Crippen LogP contribution in [-0.2, 0) is 7.05 Å². The average molecular weight is 297 g/mol. The van der Waals surface area contributed by atoms with E-state index in [0.717, 1.165) is 0 Å². The number of aryl methyl sites for hydroxylation is 1. The van der Waals surface area contributed by atoms with Gasteiger partial charge < -0.3 is 9.88 Å². The minimum Gasteiger partial charge on any atom is -0.342 e. The number of amides is 1. The maximum Gasteiger partial charge on any atom is 0.253 e. The smallest absolute Gasteiger partial charge is 0.253 e. The lowest BCUT2D eigenvalue weighted by Crippen LogP contribution is -2.28. The normalized spacial score (nSPS) is 12.2. The van der Waals surface area contributed by atoms with Crippen LogP contribution >= 0.6 is 24.2 Å². The number of thiol groups is 1. The summed E-state index contributed by atoms with van der Waals surface area (Å²) >= 11 is 10.2. The first kappa shape index (κ1) is 13.9. The van der Waals surface area contributed by atoms with E-state index in [9.17, 15) is 4.79 Å². The summed E-state index contributed by atoms with van der Waals surface area (Å²) in [5.74, 6) is 0.405. The summed E-state index contributed by atoms with van der Waals surface area (Å²) in [6.45, 7) is 1.83. The predicted molar refractivity (Wildman–Crippen MR) is 75.6 cm³/mol. The number of nitrogens with one attached hydrogen (secondary N) is 1. The highest BCUT2D eigenvalue weighted by molar-refractivity contribution is 7.80. The lowest BCUT2D eigenvalue weighted by molar-refractivity contribution is 0.0937. The average Bonchev–Trinajstić information content (AvgIpc) is 2.78. The number of benzene rings is 1. The summed E-state index contributed by atoms with van der Waals surface area (Å²) in [6.07, 6.45) is 1.58. The van der Waals surface area contributed by atoms with Crippen molar-refractivity contribution in [2.45, 2.75) is 17.9 Å². The topological polar surface area (TPSA) is 59.8 Å². The van der Waals surface area contributed by atoms with E-state index < -0.39 is 0 Å². The van der Waals surface area contributed by atoms with E-state index in [-0.39, 0.29) is 11.9 Å². The molecule has 1 aromatic heterocycles. The van der Waals surface area contributed by atoms with Crippen LogP contribution in [0.25, 0.3) is 0 Å². The molecule has 1 amide bonds. The SMILES string of the molecule is CC(NC(=O)c1cc(S)ccc1Cl)c1nncn1C. The zero-order valence-electron chi connectivity index (χ0n) is 10.5. The largest absolute Gasteiger partial charge is 0.342 e. The van der Waals surface area contributed by atoms with Crippen molar-refractivity contribution in [1.29, 1.82) is 0 Å². The Morgan fingerprint density at radius 1 is 1.53 bits per heavy atom. The van der Waals surface area contributed by atoms with Gasteiger partial charge in [0.2, 0.25) is 0 Å². The van der Waals surface area contributed by atoms with Crippen LogP contribution in [0.5, 0.6) is 0 Å². The third kappa shape index (κ3) is 3.08. The fraction of sp³-hybridized carbons (Fsp3) is 0.250. The maximum atomic E-state index is 12.1. The maximum absolute atomic E-state index is 12.1. The Morgan fingerprint density at radius 2 is 2.26 bits per heavy atom. The minimum absolute atomic E-state index is 0.264. The second-order valence-corrected chi connectivity index (χ2v) is 5.08. The van der Waals surface area contributed by atoms with E-state index in [0.29, 0.717) is 21.3 Å². The lowest BCUT2D eigenvalue weighted by Gasteiger charge is -2.13. The van der Waals surface area contributed by atoms with Gasteiger partial charge in [0.15, 0.2) is 5.82 Å². The molecule has 19 heavy (non-hydrogen) atoms. The summed E-state index contributed by atoms with van der Waals surface area (Å²) in [6, 6.07) is 4.74. The number of hydrogen-bond donors (Lipinski definition) is 2. The molecule has 0 radical (unpaired) electrons. The molecule has 0 saturated carbocycles. The van der Waals surface area contributed by atoms with Crippen molar-refractivity contribution in [3.05, 3.63) is 40.9 Å². The quantitative estimate of drug-likeness (QED) is 0.854. The number of hydrogen-bond acceptors (Lipinski definition) is 4. The second-order valence-electron chi connectivity index (χ2n) is 4.16. The summed E-state index contributed by atoms with van der Waals surface area (Å²) < 4.78 is 1.75. The molecule has 7 heteroatoms. The fourth-order valence-corrected chi connectivity index (χ4v) is 2.12. The highest BCUT2D eigenvalue weighted by atomic mass is 35.5. The Balaban J connectivity index is 2.17. The highest BCUT2D eigenvalue weighted by Crippen LogP contribution is 2.20. The van der Waals surface area contributed by atoms with Gasteiger partial charge in [0.1, 0.15) is 6.33 Å². The van der Waals surface area contributed by atoms with Crippen molar-refractivity contribution in [3.8, 4) is 0 Å². The van der Waals surface area contributed by atoms with Crippen molar-refractivity contribution in [2.24, 2.45) is 7.05 Å². The summed E-state index contributed by atoms with van der Waals surface area (Å²) in [7, 11) is 1.82. The molecule has 0 aliphatic heterocycles. The first-order chi connectivity index (χ1) is 8.99. The van der Waals surface area contributed by atoms with E-state index in [1.807, 2.05) is 14.0 Å². The van der Waals surface area contributed by atoms with Gasteiger partial charge in [0.25, 0.3) is 5.91 Å². The van der Waals surface area contributed by atoms with Crippen molar-refractivity contribution in [2.75, 3.05) is 0 Å². The predicted octanol–water partition coefficient (Wildman–Crippen LogP) is 2.25. The Kier molecular flexibility index (Phi) is 4.11. The molecule has 0 saturated heterocycles. The standard InChI is InChI=1S/C12H13ClN4OS/c1-7(11-16-14-6-17(11)2)15-12(18)9-5-8(19)3-4-10(9)13/h3-7,19H,1-2H3,(H,15,18). The number of carbonyl (C=O) groups excluding carboxylic acids is 1. The Labute approximate surface area is 121 Å². The molecule has 2 rings (SSSR count). The van der Waals surface area contributed by atoms with Gasteiger partial charge in [-0.05, 0) is 25.1 Å². The van der Waals surface area contributed by atoms with Crippen LogP contribution in [0, 0.1) is 0 Å². The molecule has 0 fully saturated rings. The molecule has 2 aromatic rings. The van der Waals surface area contributed by atoms with E-state index >= 15 is 0 Å². The van der Waals surface area contributed by atoms with Crippen LogP contribution < -0.4 is 5.32 Å². The van der Waals surface area contributed by atoms with Crippen molar-refractivity contribution >= 4 is 30.1 Å². The zero-order valence-corrected chi connectivity index (χ0v) is 12.1. The molecule has 0 spiro atoms. The van der Waals surface area contributed by atoms with E-state index in [4.69, 9.17) is 11.6 Å². The number of halogens is 1. The first-order valence-electron chi connectivity index (χ1n) is 5.62. The van der Waals surface area contributed by atoms with E-state index in [2.05, 4.69) is 28.1 Å². The second kappa shape index (κ2) is 5.63. The molecule has 1 N–H and O–H groups in total. The van der Waals surface area contributed by atoms with E-state index in [1.54, 1.807) is 29.1 Å². The Bertz CT molecular complexity index is 614. The van der Waals surface area contributed by atoms with Crippen LogP contribution in [0.1, 0.15) is 29.1 Å². The van der Waals surface area contributed by atoms with Crippen LogP contribution in [-0.4, -0.2) is 20.7 Å². The number of nitrogens with zero attached hydrogens (tertiary/aromatic N) is 3. The first-order valence-corrected chi connectivity index (χ1v) is 6.45. The van der Waals surface area contributed by atoms with Gasteiger partial charge >= 0.3 is 0 Å². The Hall–Kier alpha value is -1.53. The molecule has 0 aliphatic rings. The third-order valence-corrected chi connectivity index (χ3v) is 3.28. The zero-order chi connectivity index (χ0) is 14.0. The Morgan fingerprint density at radius 3 is 2.89 bits per heavy atom. The number of rotatable bonds is 3. The van der Waals surface area contributed by atoms with Crippen LogP contribution in [0.2, 0.25) is 5.02 Å². The molecule has 1 aromatic carbocycles. The number of aromatic nitrogens is 3. The highest BCUT2D eigenvalue weighted by Gasteiger charge is 2.17. The number of carbonyl (C=O) groups is 1. The van der Waals surface area contributed by atoms with E-state index in [1.165, 1.54) is 0 Å². The third-order valence-electron chi connectivity index (χ3n) is 2.68. The van der Waals surface area contributed by atoms with Gasteiger partial charge in [-0.2, -0.15) is 0 Å². The van der Waals surface area contributed by atoms with Crippen molar-refractivity contribution in [1.82, 2.24) is 20.1 Å². The molecule has 0 bridgehead atoms. The molecule has 1 unspecified atom stereocenters. The van der Waals surface area contributed by atoms with Gasteiger partial charge in [-0.15, -0.1) is 22.8 Å². The van der Waals surface area contributed by atoms with Gasteiger partial charge in [0, 0.05) is 11.9 Å². The van der Waals surface area contributed by atoms with Crippen LogP contribution in [0.15, 0.2) is 29.4 Å². The van der Waals surface area contributed by atoms with Crippen LogP contribution in [0.3, 0.4) is 0 Å². The van der Waals surface area contributed by atoms with Gasteiger partial charge in [0.05, 0.1) is 16.6 Å². The fourth-order valence-electron chi connectivity index (χ4n) is 1.71. The molecule has 100 valence electrons. The molecular weight excluding hydrogens is 284 g/mol. The summed E-state index contributed by atoms with van der Waals surface area (Å²) in [4.78, 5) is 12.8. The van der Waals surface area contributed by atoms with Gasteiger partial charge in [-0.25, -0.2) is 0 Å². The van der Waals surface area contributed by atoms with Crippen LogP contribution in [0.4, 0.5) is 0 Å². The van der Waals surface area contributed by atoms with Gasteiger partial charge in [-0.3, -0.25) is 4.79 Å². The lowest BCUT2D eigenvalue weighted by atomic mass is 10.2. The van der Waals surface area contributed by atoms with Crippen molar-refractivity contribution < 1.29 is 4.79 Å². The molecule has 0 aliphatic carbocycles.